The van der Waals surface area contributed by atoms with E-state index in [4.69, 9.17) is 21.1 Å². The van der Waals surface area contributed by atoms with E-state index in [9.17, 15) is 4.79 Å². The highest BCUT2D eigenvalue weighted by Crippen LogP contribution is 2.44. The maximum Gasteiger partial charge on any atom is 0.230 e. The van der Waals surface area contributed by atoms with Gasteiger partial charge in [-0.15, -0.1) is 0 Å². The van der Waals surface area contributed by atoms with Crippen molar-refractivity contribution >= 4 is 17.5 Å². The maximum absolute atomic E-state index is 13.2. The molecule has 0 unspecified atom stereocenters. The number of halogens is 1. The lowest BCUT2D eigenvalue weighted by atomic mass is 9.63. The first-order valence-electron chi connectivity index (χ1n) is 9.41. The van der Waals surface area contributed by atoms with Crippen molar-refractivity contribution in [3.63, 3.8) is 0 Å². The highest BCUT2D eigenvalue weighted by atomic mass is 35.5. The zero-order chi connectivity index (χ0) is 17.3. The fourth-order valence-corrected chi connectivity index (χ4v) is 4.64. The molecule has 3 fully saturated rings. The molecule has 4 nitrogen and oxygen atoms in total. The Morgan fingerprint density at radius 3 is 2.44 bits per heavy atom. The molecule has 25 heavy (non-hydrogen) atoms. The van der Waals surface area contributed by atoms with Gasteiger partial charge >= 0.3 is 0 Å². The van der Waals surface area contributed by atoms with Gasteiger partial charge in [0.2, 0.25) is 5.91 Å². The number of carbonyl (C=O) groups excluding carboxylic acids is 1. The molecule has 1 amide bonds. The molecule has 4 rings (SSSR count). The van der Waals surface area contributed by atoms with Gasteiger partial charge in [-0.05, 0) is 56.2 Å². The smallest absolute Gasteiger partial charge is 0.230 e. The summed E-state index contributed by atoms with van der Waals surface area (Å²) in [6.45, 7) is 2.24. The third-order valence-corrected chi connectivity index (χ3v) is 6.52. The van der Waals surface area contributed by atoms with Crippen molar-refractivity contribution in [2.24, 2.45) is 0 Å². The lowest BCUT2D eigenvalue weighted by Crippen LogP contribution is -2.56. The van der Waals surface area contributed by atoms with Crippen molar-refractivity contribution in [2.75, 3.05) is 19.8 Å². The first-order chi connectivity index (χ1) is 12.1. The van der Waals surface area contributed by atoms with Gasteiger partial charge in [-0.2, -0.15) is 0 Å². The molecule has 1 spiro atoms. The van der Waals surface area contributed by atoms with Crippen molar-refractivity contribution in [2.45, 2.75) is 62.0 Å². The molecule has 0 bridgehead atoms. The van der Waals surface area contributed by atoms with E-state index in [1.807, 2.05) is 24.3 Å². The SMILES string of the molecule is O=C(N[C@H]1CCOC2(CCOCC2)C1)C1(c2ccc(Cl)cc2)CCC1. The molecule has 1 atom stereocenters. The Balaban J connectivity index is 1.46. The molecule has 2 aliphatic heterocycles. The number of benzene rings is 1. The molecule has 1 N–H and O–H groups in total. The monoisotopic (exact) mass is 363 g/mol. The van der Waals surface area contributed by atoms with E-state index < -0.39 is 0 Å². The molecular formula is C20H26ClNO3. The van der Waals surface area contributed by atoms with Gasteiger partial charge in [0.15, 0.2) is 0 Å². The van der Waals surface area contributed by atoms with Gasteiger partial charge in [0.25, 0.3) is 0 Å². The number of carbonyl (C=O) groups is 1. The minimum Gasteiger partial charge on any atom is -0.381 e. The molecule has 1 aromatic carbocycles. The van der Waals surface area contributed by atoms with Gasteiger partial charge in [-0.3, -0.25) is 4.79 Å². The van der Waals surface area contributed by atoms with Crippen LogP contribution in [0.1, 0.15) is 50.5 Å². The number of nitrogens with one attached hydrogen (secondary N) is 1. The second-order valence-electron chi connectivity index (χ2n) is 7.75. The van der Waals surface area contributed by atoms with Gasteiger partial charge in [-0.25, -0.2) is 0 Å². The van der Waals surface area contributed by atoms with E-state index in [1.54, 1.807) is 0 Å². The van der Waals surface area contributed by atoms with Crippen molar-refractivity contribution in [1.29, 1.82) is 0 Å². The van der Waals surface area contributed by atoms with Crippen LogP contribution in [-0.2, 0) is 19.7 Å². The molecule has 0 aromatic heterocycles. The molecular weight excluding hydrogens is 338 g/mol. The average Bonchev–Trinajstić information content (AvgIpc) is 2.56. The van der Waals surface area contributed by atoms with E-state index in [2.05, 4.69) is 5.32 Å². The predicted octanol–water partition coefficient (Wildman–Crippen LogP) is 3.61. The summed E-state index contributed by atoms with van der Waals surface area (Å²) in [4.78, 5) is 13.2. The van der Waals surface area contributed by atoms with Gasteiger partial charge in [0.05, 0.1) is 11.0 Å². The summed E-state index contributed by atoms with van der Waals surface area (Å²) in [6.07, 6.45) is 6.60. The Morgan fingerprint density at radius 1 is 1.08 bits per heavy atom. The number of hydrogen-bond donors (Lipinski definition) is 1. The van der Waals surface area contributed by atoms with Crippen molar-refractivity contribution in [3.8, 4) is 0 Å². The molecule has 1 aromatic rings. The molecule has 1 aliphatic carbocycles. The maximum atomic E-state index is 13.2. The predicted molar refractivity (Wildman–Crippen MR) is 96.9 cm³/mol. The van der Waals surface area contributed by atoms with Crippen molar-refractivity contribution in [1.82, 2.24) is 5.32 Å². The number of hydrogen-bond acceptors (Lipinski definition) is 3. The summed E-state index contributed by atoms with van der Waals surface area (Å²) in [6, 6.07) is 7.98. The summed E-state index contributed by atoms with van der Waals surface area (Å²) in [5, 5.41) is 4.07. The lowest BCUT2D eigenvalue weighted by Gasteiger charge is -2.46. The minimum atomic E-state index is -0.369. The minimum absolute atomic E-state index is 0.0957. The quantitative estimate of drug-likeness (QED) is 0.892. The highest BCUT2D eigenvalue weighted by Gasteiger charge is 2.47. The van der Waals surface area contributed by atoms with Crippen LogP contribution in [0.25, 0.3) is 0 Å². The zero-order valence-electron chi connectivity index (χ0n) is 14.6. The zero-order valence-corrected chi connectivity index (χ0v) is 15.3. The summed E-state index contributed by atoms with van der Waals surface area (Å²) in [5.41, 5.74) is 0.626. The molecule has 2 heterocycles. The molecule has 136 valence electrons. The fourth-order valence-electron chi connectivity index (χ4n) is 4.51. The standard InChI is InChI=1S/C20H26ClNO3/c21-16-4-2-15(3-5-16)20(7-1-8-20)18(23)22-17-6-11-25-19(14-17)9-12-24-13-10-19/h2-5,17H,1,6-14H2,(H,22,23)/t17-/m0/s1. The summed E-state index contributed by atoms with van der Waals surface area (Å²) >= 11 is 6.02. The Hall–Kier alpha value is -1.10. The van der Waals surface area contributed by atoms with E-state index in [0.29, 0.717) is 5.02 Å². The Kier molecular flexibility index (Phi) is 4.78. The van der Waals surface area contributed by atoms with Gasteiger partial charge in [0, 0.05) is 30.9 Å². The molecule has 3 aliphatic rings. The van der Waals surface area contributed by atoms with E-state index in [-0.39, 0.29) is 23.0 Å². The highest BCUT2D eigenvalue weighted by molar-refractivity contribution is 6.30. The molecule has 2 saturated heterocycles. The Bertz CT molecular complexity index is 615. The fraction of sp³-hybridized carbons (Fsp3) is 0.650. The van der Waals surface area contributed by atoms with E-state index in [0.717, 1.165) is 70.3 Å². The third kappa shape index (κ3) is 3.32. The lowest BCUT2D eigenvalue weighted by molar-refractivity contribution is -0.146. The van der Waals surface area contributed by atoms with Crippen molar-refractivity contribution in [3.05, 3.63) is 34.9 Å². The van der Waals surface area contributed by atoms with Crippen LogP contribution in [0.2, 0.25) is 5.02 Å². The number of rotatable bonds is 3. The second-order valence-corrected chi connectivity index (χ2v) is 8.19. The van der Waals surface area contributed by atoms with E-state index in [1.165, 1.54) is 0 Å². The summed E-state index contributed by atoms with van der Waals surface area (Å²) in [5.74, 6) is 0.176. The van der Waals surface area contributed by atoms with Gasteiger partial charge < -0.3 is 14.8 Å². The second kappa shape index (κ2) is 6.90. The molecule has 0 radical (unpaired) electrons. The Morgan fingerprint density at radius 2 is 1.80 bits per heavy atom. The Labute approximate surface area is 154 Å². The van der Waals surface area contributed by atoms with Crippen LogP contribution in [0.4, 0.5) is 0 Å². The van der Waals surface area contributed by atoms with Crippen LogP contribution in [0, 0.1) is 0 Å². The molecule has 1 saturated carbocycles. The average molecular weight is 364 g/mol. The first-order valence-corrected chi connectivity index (χ1v) is 9.79. The molecule has 5 heteroatoms. The third-order valence-electron chi connectivity index (χ3n) is 6.27. The van der Waals surface area contributed by atoms with E-state index >= 15 is 0 Å². The summed E-state index contributed by atoms with van der Waals surface area (Å²) in [7, 11) is 0. The van der Waals surface area contributed by atoms with Crippen LogP contribution in [0.3, 0.4) is 0 Å². The van der Waals surface area contributed by atoms with Gasteiger partial charge in [0.1, 0.15) is 0 Å². The number of ether oxygens (including phenoxy) is 2. The summed E-state index contributed by atoms with van der Waals surface area (Å²) < 4.78 is 11.6. The van der Waals surface area contributed by atoms with Crippen LogP contribution in [0.5, 0.6) is 0 Å². The first kappa shape index (κ1) is 17.3. The van der Waals surface area contributed by atoms with Crippen LogP contribution < -0.4 is 5.32 Å². The van der Waals surface area contributed by atoms with Crippen LogP contribution in [0.15, 0.2) is 24.3 Å². The largest absolute Gasteiger partial charge is 0.381 e. The normalized spacial score (nSPS) is 27.5. The van der Waals surface area contributed by atoms with Gasteiger partial charge in [-0.1, -0.05) is 30.2 Å². The van der Waals surface area contributed by atoms with Crippen LogP contribution in [-0.4, -0.2) is 37.4 Å². The van der Waals surface area contributed by atoms with Crippen molar-refractivity contribution < 1.29 is 14.3 Å². The topological polar surface area (TPSA) is 47.6 Å². The number of amides is 1. The van der Waals surface area contributed by atoms with Crippen LogP contribution >= 0.6 is 11.6 Å².